The van der Waals surface area contributed by atoms with E-state index in [4.69, 9.17) is 0 Å². The van der Waals surface area contributed by atoms with Crippen molar-refractivity contribution in [2.24, 2.45) is 5.92 Å². The largest absolute Gasteiger partial charge is 0.0808 e. The molecule has 3 aliphatic carbocycles. The molecule has 3 aliphatic rings. The highest BCUT2D eigenvalue weighted by Gasteiger charge is 2.16. The second-order valence-corrected chi connectivity index (χ2v) is 6.31. The van der Waals surface area contributed by atoms with Gasteiger partial charge in [0.2, 0.25) is 0 Å². The van der Waals surface area contributed by atoms with Crippen molar-refractivity contribution in [1.29, 1.82) is 0 Å². The van der Waals surface area contributed by atoms with Gasteiger partial charge in [0.15, 0.2) is 0 Å². The highest BCUT2D eigenvalue weighted by atomic mass is 14.2. The lowest BCUT2D eigenvalue weighted by Crippen LogP contribution is -2.22. The molecule has 0 N–H and O–H groups in total. The van der Waals surface area contributed by atoms with Crippen molar-refractivity contribution >= 4 is 12.2 Å². The van der Waals surface area contributed by atoms with Gasteiger partial charge in [0.1, 0.15) is 0 Å². The van der Waals surface area contributed by atoms with Gasteiger partial charge in [0, 0.05) is 0 Å². The predicted octanol–water partition coefficient (Wildman–Crippen LogP) is 5.85. The van der Waals surface area contributed by atoms with Gasteiger partial charge in [-0.25, -0.2) is 0 Å². The van der Waals surface area contributed by atoms with E-state index in [1.807, 2.05) is 27.7 Å². The molecule has 1 aromatic carbocycles. The standard InChI is InChI=1S/C21H20.2C2H6/c1-15-6-7-19-14-20-9-8-16-4-2-3-5-17(16)13-21(20)11-10-18(19)12-15;2*1-2/h2-8,11,13-15H,9-10,12H2,1H3;2*1-2H3. The molecule has 0 amide bonds. The third-order valence-corrected chi connectivity index (χ3v) is 4.70. The lowest BCUT2D eigenvalue weighted by molar-refractivity contribution is 0.692. The maximum Gasteiger partial charge on any atom is -0.00822 e. The molecule has 0 fully saturated rings. The summed E-state index contributed by atoms with van der Waals surface area (Å²) in [4.78, 5) is 0. The molecule has 132 valence electrons. The molecule has 1 unspecified atom stereocenters. The number of fused-ring (bicyclic) bond motifs is 2. The van der Waals surface area contributed by atoms with Gasteiger partial charge in [0.05, 0.1) is 0 Å². The molecule has 0 spiro atoms. The Hall–Kier alpha value is -2.08. The minimum Gasteiger partial charge on any atom is -0.0808 e. The van der Waals surface area contributed by atoms with Crippen LogP contribution in [-0.4, -0.2) is 0 Å². The van der Waals surface area contributed by atoms with Crippen LogP contribution >= 0.6 is 0 Å². The van der Waals surface area contributed by atoms with Crippen LogP contribution in [-0.2, 0) is 0 Å². The highest BCUT2D eigenvalue weighted by molar-refractivity contribution is 5.65. The van der Waals surface area contributed by atoms with Gasteiger partial charge >= 0.3 is 0 Å². The Labute approximate surface area is 153 Å². The molecule has 0 heterocycles. The number of allylic oxidation sites excluding steroid dienone is 8. The van der Waals surface area contributed by atoms with Crippen molar-refractivity contribution in [2.45, 2.75) is 53.9 Å². The SMILES string of the molecule is CC.CC.CC1C=CC2=C(CC=C3C=c4ccccc4=CCC3=C2)C1. The fourth-order valence-corrected chi connectivity index (χ4v) is 3.49. The summed E-state index contributed by atoms with van der Waals surface area (Å²) in [5, 5.41) is 2.70. The lowest BCUT2D eigenvalue weighted by Gasteiger charge is -2.16. The van der Waals surface area contributed by atoms with Crippen LogP contribution < -0.4 is 10.4 Å². The fourth-order valence-electron chi connectivity index (χ4n) is 3.49. The van der Waals surface area contributed by atoms with Crippen molar-refractivity contribution in [3.8, 4) is 0 Å². The van der Waals surface area contributed by atoms with Crippen LogP contribution in [0.5, 0.6) is 0 Å². The Morgan fingerprint density at radius 1 is 0.840 bits per heavy atom. The van der Waals surface area contributed by atoms with E-state index in [1.165, 1.54) is 33.6 Å². The van der Waals surface area contributed by atoms with E-state index in [0.29, 0.717) is 5.92 Å². The fraction of sp³-hybridized carbons (Fsp3) is 0.360. The first-order valence-electron chi connectivity index (χ1n) is 9.88. The number of hydrogen-bond donors (Lipinski definition) is 0. The molecule has 0 saturated heterocycles. The van der Waals surface area contributed by atoms with Crippen molar-refractivity contribution < 1.29 is 0 Å². The average Bonchev–Trinajstić information content (AvgIpc) is 2.94. The second-order valence-electron chi connectivity index (χ2n) is 6.31. The zero-order chi connectivity index (χ0) is 18.2. The average molecular weight is 333 g/mol. The van der Waals surface area contributed by atoms with E-state index < -0.39 is 0 Å². The van der Waals surface area contributed by atoms with Crippen molar-refractivity contribution in [1.82, 2.24) is 0 Å². The first-order valence-corrected chi connectivity index (χ1v) is 9.88. The van der Waals surface area contributed by atoms with Gasteiger partial charge in [-0.2, -0.15) is 0 Å². The Bertz CT molecular complexity index is 825. The monoisotopic (exact) mass is 332 g/mol. The Morgan fingerprint density at radius 3 is 2.32 bits per heavy atom. The molecule has 0 aliphatic heterocycles. The summed E-state index contributed by atoms with van der Waals surface area (Å²) in [7, 11) is 0. The molecule has 25 heavy (non-hydrogen) atoms. The van der Waals surface area contributed by atoms with Gasteiger partial charge in [0.25, 0.3) is 0 Å². The van der Waals surface area contributed by atoms with Gasteiger partial charge in [-0.15, -0.1) is 0 Å². The van der Waals surface area contributed by atoms with Crippen LogP contribution in [0.2, 0.25) is 0 Å². The van der Waals surface area contributed by atoms with E-state index in [0.717, 1.165) is 12.8 Å². The summed E-state index contributed by atoms with van der Waals surface area (Å²) < 4.78 is 0. The molecular formula is C25H32. The van der Waals surface area contributed by atoms with Crippen LogP contribution in [0.15, 0.2) is 70.9 Å². The summed E-state index contributed by atoms with van der Waals surface area (Å²) in [6.45, 7) is 10.3. The highest BCUT2D eigenvalue weighted by Crippen LogP contribution is 2.33. The van der Waals surface area contributed by atoms with E-state index in [9.17, 15) is 0 Å². The summed E-state index contributed by atoms with van der Waals surface area (Å²) in [5.41, 5.74) is 5.91. The van der Waals surface area contributed by atoms with Gasteiger partial charge < -0.3 is 0 Å². The first kappa shape index (κ1) is 19.2. The van der Waals surface area contributed by atoms with Crippen LogP contribution in [0.3, 0.4) is 0 Å². The summed E-state index contributed by atoms with van der Waals surface area (Å²) in [5.74, 6) is 0.680. The molecule has 1 atom stereocenters. The minimum atomic E-state index is 0.680. The van der Waals surface area contributed by atoms with E-state index >= 15 is 0 Å². The molecule has 0 nitrogen and oxygen atoms in total. The maximum absolute atomic E-state index is 2.43. The normalized spacial score (nSPS) is 20.1. The third-order valence-electron chi connectivity index (χ3n) is 4.70. The molecule has 0 aromatic heterocycles. The number of benzene rings is 1. The van der Waals surface area contributed by atoms with Crippen LogP contribution in [0.25, 0.3) is 12.2 Å². The Balaban J connectivity index is 0.000000528. The molecule has 1 aromatic rings. The van der Waals surface area contributed by atoms with Crippen molar-refractivity contribution in [3.63, 3.8) is 0 Å². The van der Waals surface area contributed by atoms with Crippen molar-refractivity contribution in [3.05, 3.63) is 81.3 Å². The lowest BCUT2D eigenvalue weighted by atomic mass is 9.89. The van der Waals surface area contributed by atoms with Crippen LogP contribution in [0, 0.1) is 5.92 Å². The zero-order valence-corrected chi connectivity index (χ0v) is 16.5. The molecule has 0 saturated carbocycles. The van der Waals surface area contributed by atoms with Gasteiger partial charge in [-0.3, -0.25) is 0 Å². The van der Waals surface area contributed by atoms with E-state index in [2.05, 4.69) is 67.6 Å². The molecule has 0 bridgehead atoms. The quantitative estimate of drug-likeness (QED) is 0.559. The Morgan fingerprint density at radius 2 is 1.56 bits per heavy atom. The van der Waals surface area contributed by atoms with E-state index in [1.54, 1.807) is 5.57 Å². The first-order chi connectivity index (χ1) is 12.3. The molecular weight excluding hydrogens is 300 g/mol. The zero-order valence-electron chi connectivity index (χ0n) is 16.5. The molecule has 0 radical (unpaired) electrons. The minimum absolute atomic E-state index is 0.680. The Kier molecular flexibility index (Phi) is 7.25. The van der Waals surface area contributed by atoms with Crippen molar-refractivity contribution in [2.75, 3.05) is 0 Å². The summed E-state index contributed by atoms with van der Waals surface area (Å²) in [6, 6.07) is 8.68. The number of hydrogen-bond acceptors (Lipinski definition) is 0. The summed E-state index contributed by atoms with van der Waals surface area (Å²) >= 11 is 0. The molecule has 4 rings (SSSR count). The maximum atomic E-state index is 2.43. The van der Waals surface area contributed by atoms with Crippen LogP contribution in [0.1, 0.15) is 53.9 Å². The second kappa shape index (κ2) is 9.42. The van der Waals surface area contributed by atoms with Crippen LogP contribution in [0.4, 0.5) is 0 Å². The van der Waals surface area contributed by atoms with Gasteiger partial charge in [-0.1, -0.05) is 94.8 Å². The predicted molar refractivity (Wildman–Crippen MR) is 113 cm³/mol. The molecule has 0 heteroatoms. The van der Waals surface area contributed by atoms with E-state index in [-0.39, 0.29) is 0 Å². The summed E-state index contributed by atoms with van der Waals surface area (Å²) in [6.07, 6.45) is 17.6. The number of rotatable bonds is 0. The smallest absolute Gasteiger partial charge is 0.00822 e. The third kappa shape index (κ3) is 4.51. The van der Waals surface area contributed by atoms with Gasteiger partial charge in [-0.05, 0) is 58.4 Å². The topological polar surface area (TPSA) is 0 Å².